The Morgan fingerprint density at radius 3 is 2.28 bits per heavy atom. The number of anilines is 1. The molecular weight excluding hydrogens is 360 g/mol. The van der Waals surface area contributed by atoms with Gasteiger partial charge in [0.25, 0.3) is 0 Å². The van der Waals surface area contributed by atoms with Crippen molar-refractivity contribution in [3.05, 3.63) is 58.9 Å². The van der Waals surface area contributed by atoms with Crippen LogP contribution >= 0.6 is 0 Å². The summed E-state index contributed by atoms with van der Waals surface area (Å²) in [5, 5.41) is 8.68. The summed E-state index contributed by atoms with van der Waals surface area (Å²) >= 11 is 0. The number of nitrogens with zero attached hydrogens (tertiary/aromatic N) is 2. The number of benzene rings is 1. The average Bonchev–Trinajstić information content (AvgIpc) is 2.73. The normalized spacial score (nSPS) is 15.5. The van der Waals surface area contributed by atoms with E-state index in [1.807, 2.05) is 0 Å². The lowest BCUT2D eigenvalue weighted by atomic mass is 9.90. The van der Waals surface area contributed by atoms with Gasteiger partial charge in [0.2, 0.25) is 0 Å². The van der Waals surface area contributed by atoms with E-state index in [9.17, 15) is 4.79 Å². The second-order valence-electron chi connectivity index (χ2n) is 8.29. The lowest BCUT2D eigenvalue weighted by Crippen LogP contribution is -2.34. The van der Waals surface area contributed by atoms with E-state index in [1.54, 1.807) is 0 Å². The molecule has 29 heavy (non-hydrogen) atoms. The zero-order valence-electron chi connectivity index (χ0n) is 17.1. The fraction of sp³-hybridized carbons (Fsp3) is 0.440. The van der Waals surface area contributed by atoms with Gasteiger partial charge in [0.05, 0.1) is 0 Å². The van der Waals surface area contributed by atoms with Crippen molar-refractivity contribution in [3.8, 4) is 0 Å². The smallest absolute Gasteiger partial charge is 0.303 e. The lowest BCUT2D eigenvalue weighted by Gasteiger charge is -2.37. The summed E-state index contributed by atoms with van der Waals surface area (Å²) in [5.41, 5.74) is 7.12. The fourth-order valence-corrected chi connectivity index (χ4v) is 4.60. The molecule has 4 nitrogen and oxygen atoms in total. The van der Waals surface area contributed by atoms with Crippen molar-refractivity contribution in [1.82, 2.24) is 0 Å². The number of carboxylic acids is 1. The van der Waals surface area contributed by atoms with Crippen LogP contribution in [0.3, 0.4) is 0 Å². The largest absolute Gasteiger partial charge is 0.481 e. The monoisotopic (exact) mass is 391 g/mol. The number of carboxylic acid groups (broad SMARTS) is 1. The molecule has 1 N–H and O–H groups in total. The predicted octanol–water partition coefficient (Wildman–Crippen LogP) is 4.49. The first-order chi connectivity index (χ1) is 14.2. The molecule has 0 aliphatic carbocycles. The summed E-state index contributed by atoms with van der Waals surface area (Å²) in [5.74, 6) is -0.700. The van der Waals surface area contributed by atoms with Crippen LogP contribution in [-0.2, 0) is 24.2 Å². The maximum absolute atomic E-state index is 10.5. The van der Waals surface area contributed by atoms with Gasteiger partial charge in [-0.1, -0.05) is 12.2 Å². The molecule has 0 unspecified atom stereocenters. The molecule has 0 fully saturated rings. The standard InChI is InChI=1S/C25H30N2O2/c28-24(29)8-2-1-3-13-26-16-11-20(12-17-26)9-10-21-18-22-6-4-14-27-15-5-7-23(19-21)25(22)27/h9-12,16-19H,1-8,13-15H2/p+1. The van der Waals surface area contributed by atoms with Crippen molar-refractivity contribution >= 4 is 23.8 Å². The van der Waals surface area contributed by atoms with Crippen LogP contribution in [0.1, 0.15) is 60.8 Å². The Balaban J connectivity index is 1.36. The molecule has 4 rings (SSSR count). The zero-order valence-corrected chi connectivity index (χ0v) is 17.1. The molecule has 0 amide bonds. The first-order valence-electron chi connectivity index (χ1n) is 11.0. The van der Waals surface area contributed by atoms with Crippen molar-refractivity contribution in [1.29, 1.82) is 0 Å². The predicted molar refractivity (Wildman–Crippen MR) is 117 cm³/mol. The number of aromatic nitrogens is 1. The van der Waals surface area contributed by atoms with Crippen molar-refractivity contribution in [2.45, 2.75) is 57.9 Å². The average molecular weight is 392 g/mol. The first kappa shape index (κ1) is 19.7. The Hall–Kier alpha value is -2.62. The van der Waals surface area contributed by atoms with Gasteiger partial charge in [0, 0.05) is 43.8 Å². The molecule has 2 aliphatic heterocycles. The molecule has 0 bridgehead atoms. The van der Waals surface area contributed by atoms with Gasteiger partial charge in [-0.3, -0.25) is 4.79 Å². The Bertz CT molecular complexity index is 855. The van der Waals surface area contributed by atoms with Crippen LogP contribution < -0.4 is 9.47 Å². The van der Waals surface area contributed by atoms with Crippen LogP contribution in [0.2, 0.25) is 0 Å². The van der Waals surface area contributed by atoms with Crippen molar-refractivity contribution < 1.29 is 14.5 Å². The number of hydrogen-bond donors (Lipinski definition) is 1. The molecule has 3 heterocycles. The van der Waals surface area contributed by atoms with E-state index < -0.39 is 5.97 Å². The van der Waals surface area contributed by atoms with Crippen molar-refractivity contribution in [3.63, 3.8) is 0 Å². The molecule has 4 heteroatoms. The Labute approximate surface area is 173 Å². The topological polar surface area (TPSA) is 44.4 Å². The summed E-state index contributed by atoms with van der Waals surface area (Å²) < 4.78 is 2.18. The molecule has 0 saturated carbocycles. The summed E-state index contributed by atoms with van der Waals surface area (Å²) in [6.07, 6.45) is 16.6. The third-order valence-corrected chi connectivity index (χ3v) is 6.05. The van der Waals surface area contributed by atoms with E-state index in [0.717, 1.165) is 25.8 Å². The van der Waals surface area contributed by atoms with E-state index >= 15 is 0 Å². The molecule has 0 saturated heterocycles. The van der Waals surface area contributed by atoms with E-state index in [4.69, 9.17) is 5.11 Å². The highest BCUT2D eigenvalue weighted by Gasteiger charge is 2.23. The number of pyridine rings is 1. The van der Waals surface area contributed by atoms with E-state index in [-0.39, 0.29) is 6.42 Å². The molecular formula is C25H31N2O2+. The third-order valence-electron chi connectivity index (χ3n) is 6.05. The second kappa shape index (κ2) is 9.25. The van der Waals surface area contributed by atoms with Gasteiger partial charge in [0.15, 0.2) is 12.4 Å². The second-order valence-corrected chi connectivity index (χ2v) is 8.29. The molecule has 0 atom stereocenters. The highest BCUT2D eigenvalue weighted by Crippen LogP contribution is 2.36. The van der Waals surface area contributed by atoms with Gasteiger partial charge in [-0.2, -0.15) is 0 Å². The van der Waals surface area contributed by atoms with Crippen LogP contribution in [0.15, 0.2) is 36.7 Å². The third kappa shape index (κ3) is 5.06. The lowest BCUT2D eigenvalue weighted by molar-refractivity contribution is -0.697. The quantitative estimate of drug-likeness (QED) is 0.533. The number of rotatable bonds is 8. The van der Waals surface area contributed by atoms with Crippen LogP contribution in [0.5, 0.6) is 0 Å². The van der Waals surface area contributed by atoms with E-state index in [2.05, 4.69) is 58.3 Å². The molecule has 0 radical (unpaired) electrons. The molecule has 152 valence electrons. The molecule has 1 aromatic carbocycles. The minimum atomic E-state index is -0.700. The molecule has 0 spiro atoms. The van der Waals surface area contributed by atoms with Crippen molar-refractivity contribution in [2.75, 3.05) is 18.0 Å². The number of unbranched alkanes of at least 4 members (excludes halogenated alkanes) is 2. The van der Waals surface area contributed by atoms with Gasteiger partial charge < -0.3 is 10.0 Å². The number of aliphatic carboxylic acids is 1. The minimum Gasteiger partial charge on any atom is -0.481 e. The van der Waals surface area contributed by atoms with Crippen LogP contribution in [0, 0.1) is 0 Å². The van der Waals surface area contributed by atoms with E-state index in [0.29, 0.717) is 0 Å². The van der Waals surface area contributed by atoms with Crippen molar-refractivity contribution in [2.24, 2.45) is 0 Å². The van der Waals surface area contributed by atoms with Gasteiger partial charge in [-0.25, -0.2) is 4.57 Å². The highest BCUT2D eigenvalue weighted by atomic mass is 16.4. The molecule has 2 aliphatic rings. The minimum absolute atomic E-state index is 0.275. The van der Waals surface area contributed by atoms with Gasteiger partial charge in [0.1, 0.15) is 6.54 Å². The van der Waals surface area contributed by atoms with Crippen LogP contribution in [0.25, 0.3) is 12.2 Å². The van der Waals surface area contributed by atoms with E-state index in [1.165, 1.54) is 66.7 Å². The SMILES string of the molecule is O=C(O)CCCCC[n+]1ccc(C=Cc2cc3c4c(c2)CCCN4CCC3)cc1. The Morgan fingerprint density at radius 2 is 1.62 bits per heavy atom. The molecule has 2 aromatic rings. The number of aryl methyl sites for hydroxylation is 3. The summed E-state index contributed by atoms with van der Waals surface area (Å²) in [6.45, 7) is 3.38. The fourth-order valence-electron chi connectivity index (χ4n) is 4.60. The summed E-state index contributed by atoms with van der Waals surface area (Å²) in [4.78, 5) is 13.1. The molecule has 1 aromatic heterocycles. The Morgan fingerprint density at radius 1 is 0.966 bits per heavy atom. The Kier molecular flexibility index (Phi) is 6.28. The van der Waals surface area contributed by atoms with Gasteiger partial charge in [-0.05, 0) is 72.9 Å². The maximum atomic E-state index is 10.5. The number of hydrogen-bond acceptors (Lipinski definition) is 2. The van der Waals surface area contributed by atoms with Gasteiger partial charge >= 0.3 is 5.97 Å². The van der Waals surface area contributed by atoms with Gasteiger partial charge in [-0.15, -0.1) is 0 Å². The maximum Gasteiger partial charge on any atom is 0.303 e. The number of carbonyl (C=O) groups is 1. The highest BCUT2D eigenvalue weighted by molar-refractivity contribution is 5.74. The van der Waals surface area contributed by atoms with Crippen LogP contribution in [0.4, 0.5) is 5.69 Å². The first-order valence-corrected chi connectivity index (χ1v) is 11.0. The summed E-state index contributed by atoms with van der Waals surface area (Å²) in [7, 11) is 0. The zero-order chi connectivity index (χ0) is 20.1. The summed E-state index contributed by atoms with van der Waals surface area (Å²) in [6, 6.07) is 9.07. The van der Waals surface area contributed by atoms with Crippen LogP contribution in [-0.4, -0.2) is 24.2 Å².